The van der Waals surface area contributed by atoms with Gasteiger partial charge in [0.25, 0.3) is 0 Å². The Morgan fingerprint density at radius 1 is 0.308 bits per heavy atom. The second-order valence-corrected chi connectivity index (χ2v) is 13.4. The van der Waals surface area contributed by atoms with E-state index in [-0.39, 0.29) is 0 Å². The molecule has 0 unspecified atom stereocenters. The van der Waals surface area contributed by atoms with Crippen molar-refractivity contribution in [2.45, 2.75) is 0 Å². The second kappa shape index (κ2) is 12.5. The zero-order valence-electron chi connectivity index (χ0n) is 28.4. The molecule has 0 atom stereocenters. The molecule has 1 heterocycles. The highest BCUT2D eigenvalue weighted by atomic mass is 16.3. The summed E-state index contributed by atoms with van der Waals surface area (Å²) in [6.07, 6.45) is 0. The molecule has 2 nitrogen and oxygen atoms in total. The van der Waals surface area contributed by atoms with E-state index >= 15 is 0 Å². The third-order valence-corrected chi connectivity index (χ3v) is 10.2. The van der Waals surface area contributed by atoms with Gasteiger partial charge >= 0.3 is 0 Å². The summed E-state index contributed by atoms with van der Waals surface area (Å²) in [5, 5.41) is 7.06. The van der Waals surface area contributed by atoms with Gasteiger partial charge in [-0.2, -0.15) is 0 Å². The van der Waals surface area contributed by atoms with Crippen LogP contribution in [-0.2, 0) is 0 Å². The van der Waals surface area contributed by atoms with Gasteiger partial charge in [0.2, 0.25) is 0 Å². The van der Waals surface area contributed by atoms with Crippen molar-refractivity contribution in [1.82, 2.24) is 0 Å². The van der Waals surface area contributed by atoms with Crippen LogP contribution in [0.25, 0.3) is 76.9 Å². The fourth-order valence-corrected chi connectivity index (χ4v) is 7.70. The molecule has 0 saturated heterocycles. The number of hydrogen-bond donors (Lipinski definition) is 0. The summed E-state index contributed by atoms with van der Waals surface area (Å²) >= 11 is 0. The standard InChI is InChI=1S/C50H33NO/c1-3-12-34(13-4-1)37-24-26-41(27-25-37)51(42-19-11-18-39(31-42)35-14-5-2-6-15-35)43-28-29-44-46(40-23-22-36-16-7-8-17-38(36)30-40)33-49-50(47(44)32-43)45-20-9-10-21-48(45)52-49/h1-33H. The smallest absolute Gasteiger partial charge is 0.136 e. The number of para-hydroxylation sites is 1. The molecule has 2 heteroatoms. The van der Waals surface area contributed by atoms with Gasteiger partial charge in [-0.25, -0.2) is 0 Å². The fourth-order valence-electron chi connectivity index (χ4n) is 7.70. The number of rotatable bonds is 6. The van der Waals surface area contributed by atoms with E-state index in [0.29, 0.717) is 0 Å². The third kappa shape index (κ3) is 5.21. The molecule has 0 fully saturated rings. The number of furan rings is 1. The van der Waals surface area contributed by atoms with Gasteiger partial charge in [-0.3, -0.25) is 0 Å². The molecule has 10 aromatic rings. The van der Waals surface area contributed by atoms with Crippen LogP contribution < -0.4 is 4.90 Å². The molecule has 9 aromatic carbocycles. The van der Waals surface area contributed by atoms with Gasteiger partial charge in [0.1, 0.15) is 11.2 Å². The number of nitrogens with zero attached hydrogens (tertiary/aromatic N) is 1. The third-order valence-electron chi connectivity index (χ3n) is 10.2. The molecule has 52 heavy (non-hydrogen) atoms. The number of fused-ring (bicyclic) bond motifs is 6. The van der Waals surface area contributed by atoms with Crippen LogP contribution in [0.4, 0.5) is 17.1 Å². The van der Waals surface area contributed by atoms with Gasteiger partial charge in [-0.1, -0.05) is 146 Å². The van der Waals surface area contributed by atoms with Crippen molar-refractivity contribution in [3.05, 3.63) is 200 Å². The number of benzene rings is 9. The molecule has 0 amide bonds. The monoisotopic (exact) mass is 663 g/mol. The predicted octanol–water partition coefficient (Wildman–Crippen LogP) is 14.4. The maximum absolute atomic E-state index is 6.59. The molecule has 0 bridgehead atoms. The SMILES string of the molecule is c1ccc(-c2ccc(N(c3cccc(-c4ccccc4)c3)c3ccc4c(-c5ccc6ccccc6c5)cc5oc6ccccc6c5c4c3)cc2)cc1. The molecule has 0 aliphatic heterocycles. The van der Waals surface area contributed by atoms with E-state index in [2.05, 4.69) is 199 Å². The van der Waals surface area contributed by atoms with Crippen LogP contribution in [0, 0.1) is 0 Å². The summed E-state index contributed by atoms with van der Waals surface area (Å²) in [5.74, 6) is 0. The Bertz CT molecular complexity index is 2890. The van der Waals surface area contributed by atoms with Crippen LogP contribution in [0.1, 0.15) is 0 Å². The molecular formula is C50H33NO. The van der Waals surface area contributed by atoms with Gasteiger partial charge in [0.05, 0.1) is 0 Å². The number of anilines is 3. The Morgan fingerprint density at radius 2 is 0.923 bits per heavy atom. The largest absolute Gasteiger partial charge is 0.456 e. The Hall–Kier alpha value is -6.90. The zero-order chi connectivity index (χ0) is 34.4. The van der Waals surface area contributed by atoms with Crippen molar-refractivity contribution in [1.29, 1.82) is 0 Å². The predicted molar refractivity (Wildman–Crippen MR) is 220 cm³/mol. The van der Waals surface area contributed by atoms with Crippen LogP contribution in [0.15, 0.2) is 205 Å². The highest BCUT2D eigenvalue weighted by Gasteiger charge is 2.19. The maximum atomic E-state index is 6.59. The Kier molecular flexibility index (Phi) is 7.18. The van der Waals surface area contributed by atoms with E-state index < -0.39 is 0 Å². The van der Waals surface area contributed by atoms with E-state index in [1.165, 1.54) is 44.0 Å². The first kappa shape index (κ1) is 30.0. The minimum absolute atomic E-state index is 0.888. The first-order valence-corrected chi connectivity index (χ1v) is 17.8. The maximum Gasteiger partial charge on any atom is 0.136 e. The fraction of sp³-hybridized carbons (Fsp3) is 0. The first-order chi connectivity index (χ1) is 25.8. The van der Waals surface area contributed by atoms with Gasteiger partial charge < -0.3 is 9.32 Å². The Morgan fingerprint density at radius 3 is 1.73 bits per heavy atom. The summed E-state index contributed by atoms with van der Waals surface area (Å²) in [4.78, 5) is 2.37. The van der Waals surface area contributed by atoms with Crippen LogP contribution >= 0.6 is 0 Å². The van der Waals surface area contributed by atoms with Crippen molar-refractivity contribution in [3.63, 3.8) is 0 Å². The van der Waals surface area contributed by atoms with Crippen molar-refractivity contribution in [3.8, 4) is 33.4 Å². The first-order valence-electron chi connectivity index (χ1n) is 17.8. The van der Waals surface area contributed by atoms with Crippen molar-refractivity contribution < 1.29 is 4.42 Å². The molecule has 0 aliphatic carbocycles. The molecule has 0 N–H and O–H groups in total. The lowest BCUT2D eigenvalue weighted by molar-refractivity contribution is 0.669. The highest BCUT2D eigenvalue weighted by Crippen LogP contribution is 2.44. The van der Waals surface area contributed by atoms with Crippen molar-refractivity contribution in [2.24, 2.45) is 0 Å². The molecule has 0 radical (unpaired) electrons. The van der Waals surface area contributed by atoms with Gasteiger partial charge in [-0.15, -0.1) is 0 Å². The molecule has 0 aliphatic rings. The minimum atomic E-state index is 0.888. The van der Waals surface area contributed by atoms with Crippen LogP contribution in [0.5, 0.6) is 0 Å². The summed E-state index contributed by atoms with van der Waals surface area (Å²) < 4.78 is 6.59. The normalized spacial score (nSPS) is 11.5. The van der Waals surface area contributed by atoms with E-state index in [0.717, 1.165) is 50.0 Å². The number of hydrogen-bond acceptors (Lipinski definition) is 2. The highest BCUT2D eigenvalue weighted by molar-refractivity contribution is 6.23. The molecule has 10 rings (SSSR count). The van der Waals surface area contributed by atoms with Gasteiger partial charge in [-0.05, 0) is 110 Å². The Labute approximate surface area is 302 Å². The van der Waals surface area contributed by atoms with E-state index in [1.807, 2.05) is 6.07 Å². The average molecular weight is 664 g/mol. The quantitative estimate of drug-likeness (QED) is 0.176. The van der Waals surface area contributed by atoms with Gasteiger partial charge in [0.15, 0.2) is 0 Å². The Balaban J connectivity index is 1.21. The minimum Gasteiger partial charge on any atom is -0.456 e. The van der Waals surface area contributed by atoms with E-state index in [4.69, 9.17) is 4.42 Å². The molecule has 0 saturated carbocycles. The van der Waals surface area contributed by atoms with Crippen LogP contribution in [-0.4, -0.2) is 0 Å². The molecule has 1 aromatic heterocycles. The van der Waals surface area contributed by atoms with Crippen molar-refractivity contribution in [2.75, 3.05) is 4.90 Å². The summed E-state index contributed by atoms with van der Waals surface area (Å²) in [5.41, 5.74) is 12.1. The lowest BCUT2D eigenvalue weighted by Gasteiger charge is -2.27. The second-order valence-electron chi connectivity index (χ2n) is 13.4. The van der Waals surface area contributed by atoms with Gasteiger partial charge in [0, 0.05) is 27.8 Å². The van der Waals surface area contributed by atoms with E-state index in [1.54, 1.807) is 0 Å². The average Bonchev–Trinajstić information content (AvgIpc) is 3.60. The molecular weight excluding hydrogens is 631 g/mol. The summed E-state index contributed by atoms with van der Waals surface area (Å²) in [6, 6.07) is 71.7. The van der Waals surface area contributed by atoms with Crippen molar-refractivity contribution >= 4 is 60.5 Å². The van der Waals surface area contributed by atoms with E-state index in [9.17, 15) is 0 Å². The molecule has 0 spiro atoms. The summed E-state index contributed by atoms with van der Waals surface area (Å²) in [6.45, 7) is 0. The van der Waals surface area contributed by atoms with Crippen LogP contribution in [0.3, 0.4) is 0 Å². The topological polar surface area (TPSA) is 16.4 Å². The van der Waals surface area contributed by atoms with Crippen LogP contribution in [0.2, 0.25) is 0 Å². The zero-order valence-corrected chi connectivity index (χ0v) is 28.4. The lowest BCUT2D eigenvalue weighted by Crippen LogP contribution is -2.10. The summed E-state index contributed by atoms with van der Waals surface area (Å²) in [7, 11) is 0. The lowest BCUT2D eigenvalue weighted by atomic mass is 9.93. The molecule has 244 valence electrons.